The molecule has 3 heterocycles. The lowest BCUT2D eigenvalue weighted by Crippen LogP contribution is -2.31. The fraction of sp³-hybridized carbons (Fsp3) is 0.292. The smallest absolute Gasteiger partial charge is 0.309 e. The molecule has 2 unspecified atom stereocenters. The van der Waals surface area contributed by atoms with Gasteiger partial charge in [-0.2, -0.15) is 5.10 Å². The minimum Gasteiger partial charge on any atom is -0.458 e. The van der Waals surface area contributed by atoms with E-state index >= 15 is 0 Å². The molecule has 1 aliphatic rings. The first kappa shape index (κ1) is 20.9. The molecule has 0 spiro atoms. The summed E-state index contributed by atoms with van der Waals surface area (Å²) in [6, 6.07) is 9.56. The Morgan fingerprint density at radius 2 is 1.97 bits per heavy atom. The van der Waals surface area contributed by atoms with E-state index in [0.717, 1.165) is 22.9 Å². The molecule has 2 atom stereocenters. The molecule has 1 aliphatic heterocycles. The van der Waals surface area contributed by atoms with Gasteiger partial charge >= 0.3 is 5.97 Å². The van der Waals surface area contributed by atoms with Crippen molar-refractivity contribution in [2.75, 3.05) is 0 Å². The normalized spacial score (nSPS) is 19.3. The van der Waals surface area contributed by atoms with Crippen molar-refractivity contribution in [2.45, 2.75) is 44.8 Å². The average molecular weight is 422 g/mol. The summed E-state index contributed by atoms with van der Waals surface area (Å²) in [5.41, 5.74) is 4.23. The van der Waals surface area contributed by atoms with E-state index in [9.17, 15) is 19.1 Å². The highest BCUT2D eigenvalue weighted by Gasteiger charge is 2.26. The number of aliphatic hydroxyl groups excluding tert-OH is 1. The number of ether oxygens (including phenoxy) is 1. The van der Waals surface area contributed by atoms with Crippen LogP contribution in [0.1, 0.15) is 54.2 Å². The largest absolute Gasteiger partial charge is 0.458 e. The number of hydrogen-bond acceptors (Lipinski definition) is 5. The van der Waals surface area contributed by atoms with Crippen LogP contribution in [-0.2, 0) is 9.53 Å². The van der Waals surface area contributed by atoms with Gasteiger partial charge in [-0.1, -0.05) is 19.9 Å². The van der Waals surface area contributed by atoms with Crippen LogP contribution in [-0.4, -0.2) is 39.2 Å². The molecule has 160 valence electrons. The summed E-state index contributed by atoms with van der Waals surface area (Å²) in [7, 11) is 0. The zero-order valence-electron chi connectivity index (χ0n) is 17.3. The highest BCUT2D eigenvalue weighted by atomic mass is 19.1. The number of halogens is 1. The average Bonchev–Trinajstić information content (AvgIpc) is 3.13. The minimum atomic E-state index is -0.738. The van der Waals surface area contributed by atoms with Crippen molar-refractivity contribution in [1.82, 2.24) is 9.61 Å². The van der Waals surface area contributed by atoms with Crippen LogP contribution in [0.15, 0.2) is 42.5 Å². The highest BCUT2D eigenvalue weighted by Crippen LogP contribution is 2.34. The lowest BCUT2D eigenvalue weighted by Gasteiger charge is -2.24. The molecule has 1 N–H and O–H groups in total. The van der Waals surface area contributed by atoms with Crippen LogP contribution in [0.5, 0.6) is 0 Å². The van der Waals surface area contributed by atoms with Crippen LogP contribution < -0.4 is 0 Å². The molecule has 0 radical (unpaired) electrons. The first-order valence-corrected chi connectivity index (χ1v) is 10.2. The summed E-state index contributed by atoms with van der Waals surface area (Å²) < 4.78 is 20.5. The molecule has 31 heavy (non-hydrogen) atoms. The summed E-state index contributed by atoms with van der Waals surface area (Å²) in [6.45, 7) is 4.08. The predicted molar refractivity (Wildman–Crippen MR) is 114 cm³/mol. The minimum absolute atomic E-state index is 0.00540. The lowest BCUT2D eigenvalue weighted by atomic mass is 9.92. The van der Waals surface area contributed by atoms with Gasteiger partial charge in [0.1, 0.15) is 17.6 Å². The highest BCUT2D eigenvalue weighted by molar-refractivity contribution is 5.83. The molecule has 4 rings (SSSR count). The molecule has 0 amide bonds. The van der Waals surface area contributed by atoms with E-state index in [0.29, 0.717) is 23.4 Å². The Balaban J connectivity index is 1.92. The Bertz CT molecular complexity index is 1160. The van der Waals surface area contributed by atoms with Crippen molar-refractivity contribution < 1.29 is 23.8 Å². The summed E-state index contributed by atoms with van der Waals surface area (Å²) in [4.78, 5) is 23.2. The third-order valence-electron chi connectivity index (χ3n) is 5.39. The van der Waals surface area contributed by atoms with E-state index in [1.807, 2.05) is 26.0 Å². The zero-order chi connectivity index (χ0) is 22.1. The number of hydrogen-bond donors (Lipinski definition) is 1. The molecule has 1 saturated heterocycles. The van der Waals surface area contributed by atoms with E-state index < -0.39 is 18.2 Å². The number of carbonyl (C=O) groups excluding carboxylic acids is 2. The van der Waals surface area contributed by atoms with Crippen LogP contribution in [0.4, 0.5) is 4.39 Å². The van der Waals surface area contributed by atoms with E-state index in [1.54, 1.807) is 28.8 Å². The van der Waals surface area contributed by atoms with Crippen LogP contribution in [0, 0.1) is 5.82 Å². The van der Waals surface area contributed by atoms with Crippen molar-refractivity contribution in [3.63, 3.8) is 0 Å². The van der Waals surface area contributed by atoms with Crippen molar-refractivity contribution in [3.05, 3.63) is 65.1 Å². The number of fused-ring (bicyclic) bond motifs is 1. The number of cyclic esters (lactones) is 1. The Morgan fingerprint density at radius 3 is 2.61 bits per heavy atom. The molecule has 0 aliphatic carbocycles. The number of aliphatic hydroxyl groups is 1. The van der Waals surface area contributed by atoms with E-state index in [2.05, 4.69) is 0 Å². The fourth-order valence-corrected chi connectivity index (χ4v) is 4.00. The Kier molecular flexibility index (Phi) is 5.69. The number of benzene rings is 1. The van der Waals surface area contributed by atoms with Gasteiger partial charge in [-0.05, 0) is 54.0 Å². The van der Waals surface area contributed by atoms with Gasteiger partial charge in [-0.3, -0.25) is 9.59 Å². The van der Waals surface area contributed by atoms with Gasteiger partial charge in [0, 0.05) is 17.5 Å². The van der Waals surface area contributed by atoms with Crippen molar-refractivity contribution in [2.24, 2.45) is 0 Å². The first-order valence-electron chi connectivity index (χ1n) is 10.2. The number of nitrogens with zero attached hydrogens (tertiary/aromatic N) is 2. The lowest BCUT2D eigenvalue weighted by molar-refractivity contribution is -0.156. The maximum atomic E-state index is 13.5. The maximum absolute atomic E-state index is 13.5. The summed E-state index contributed by atoms with van der Waals surface area (Å²) >= 11 is 0. The molecular formula is C24H23FN2O4. The van der Waals surface area contributed by atoms with E-state index in [4.69, 9.17) is 9.84 Å². The van der Waals surface area contributed by atoms with Gasteiger partial charge in [0.25, 0.3) is 0 Å². The number of rotatable bonds is 5. The molecular weight excluding hydrogens is 399 g/mol. The summed E-state index contributed by atoms with van der Waals surface area (Å²) in [5.74, 6) is -0.714. The predicted octanol–water partition coefficient (Wildman–Crippen LogP) is 4.16. The number of aldehydes is 1. The van der Waals surface area contributed by atoms with Crippen LogP contribution in [0.3, 0.4) is 0 Å². The molecule has 7 heteroatoms. The van der Waals surface area contributed by atoms with Gasteiger partial charge < -0.3 is 9.84 Å². The topological polar surface area (TPSA) is 80.9 Å². The Hall–Kier alpha value is -3.32. The second kappa shape index (κ2) is 8.43. The molecule has 1 aromatic carbocycles. The van der Waals surface area contributed by atoms with Crippen LogP contribution in [0.2, 0.25) is 0 Å². The Labute approximate surface area is 179 Å². The zero-order valence-corrected chi connectivity index (χ0v) is 17.3. The third kappa shape index (κ3) is 4.14. The molecule has 6 nitrogen and oxygen atoms in total. The molecule has 0 saturated carbocycles. The monoisotopic (exact) mass is 422 g/mol. The molecule has 0 bridgehead atoms. The van der Waals surface area contributed by atoms with Gasteiger partial charge in [0.15, 0.2) is 6.29 Å². The van der Waals surface area contributed by atoms with Crippen molar-refractivity contribution in [3.8, 4) is 11.3 Å². The SMILES string of the molecule is CC(C)c1c(/C=C/C2CC(O)CC(=O)O2)c(-c2ccc(F)cc2)nn2c(C=O)ccc12. The summed E-state index contributed by atoms with van der Waals surface area (Å²) in [6.07, 6.45) is 3.36. The van der Waals surface area contributed by atoms with Gasteiger partial charge in [-0.25, -0.2) is 8.91 Å². The first-order chi connectivity index (χ1) is 14.9. The second-order valence-electron chi connectivity index (χ2n) is 7.99. The maximum Gasteiger partial charge on any atom is 0.309 e. The molecule has 2 aromatic heterocycles. The Morgan fingerprint density at radius 1 is 1.23 bits per heavy atom. The number of carbonyl (C=O) groups is 2. The van der Waals surface area contributed by atoms with Gasteiger partial charge in [0.05, 0.1) is 23.7 Å². The second-order valence-corrected chi connectivity index (χ2v) is 7.99. The molecule has 3 aromatic rings. The van der Waals surface area contributed by atoms with Gasteiger partial charge in [-0.15, -0.1) is 0 Å². The van der Waals surface area contributed by atoms with E-state index in [1.165, 1.54) is 12.1 Å². The van der Waals surface area contributed by atoms with Crippen molar-refractivity contribution in [1.29, 1.82) is 0 Å². The van der Waals surface area contributed by atoms with Crippen LogP contribution in [0.25, 0.3) is 22.9 Å². The van der Waals surface area contributed by atoms with Crippen LogP contribution >= 0.6 is 0 Å². The fourth-order valence-electron chi connectivity index (χ4n) is 4.00. The third-order valence-corrected chi connectivity index (χ3v) is 5.39. The van der Waals surface area contributed by atoms with Crippen molar-refractivity contribution >= 4 is 23.8 Å². The standard InChI is InChI=1S/C24H23FN2O4/c1-14(2)23-20(9-8-19-11-18(29)12-22(30)31-19)24(15-3-5-16(25)6-4-15)26-27-17(13-28)7-10-21(23)27/h3-10,13-14,18-19,29H,11-12H2,1-2H3/b9-8+. The number of aromatic nitrogens is 2. The molecule has 1 fully saturated rings. The van der Waals surface area contributed by atoms with Gasteiger partial charge in [0.2, 0.25) is 0 Å². The quantitative estimate of drug-likeness (QED) is 0.493. The number of esters is 1. The van der Waals surface area contributed by atoms with E-state index in [-0.39, 0.29) is 18.2 Å². The summed E-state index contributed by atoms with van der Waals surface area (Å²) in [5, 5.41) is 14.6.